The molecular formula is H18O9Zr. The summed E-state index contributed by atoms with van der Waals surface area (Å²) in [5, 5.41) is 0. The van der Waals surface area contributed by atoms with Crippen molar-refractivity contribution >= 4 is 0 Å². The Hall–Kier alpha value is 0.523. The number of hydrogen-bond acceptors (Lipinski definition) is 0. The van der Waals surface area contributed by atoms with E-state index >= 15 is 0 Å². The molecule has 0 aliphatic carbocycles. The van der Waals surface area contributed by atoms with Crippen LogP contribution in [0.15, 0.2) is 0 Å². The Balaban J connectivity index is 0. The minimum absolute atomic E-state index is 0. The Bertz CT molecular complexity index is 4.69. The maximum absolute atomic E-state index is 0. The van der Waals surface area contributed by atoms with Crippen LogP contribution in [0.1, 0.15) is 0 Å². The molecule has 0 unspecified atom stereocenters. The van der Waals surface area contributed by atoms with E-state index in [4.69, 9.17) is 0 Å². The average molecular weight is 253 g/mol. The fraction of sp³-hybridized carbons (Fsp3) is 0. The van der Waals surface area contributed by atoms with Crippen LogP contribution in [0.2, 0.25) is 0 Å². The Labute approximate surface area is 75.9 Å². The van der Waals surface area contributed by atoms with Crippen molar-refractivity contribution in [3.8, 4) is 0 Å². The Morgan fingerprint density at radius 2 is 0.200 bits per heavy atom. The second-order valence-electron chi connectivity index (χ2n) is 0. The SMILES string of the molecule is O.O.O.O.O.O.O.O.O.[Zr]. The van der Waals surface area contributed by atoms with Gasteiger partial charge in [0, 0.05) is 26.2 Å². The zero-order chi connectivity index (χ0) is 0. The largest absolute Gasteiger partial charge is 0.412 e. The maximum Gasteiger partial charge on any atom is 0 e. The Morgan fingerprint density at radius 3 is 0.200 bits per heavy atom. The summed E-state index contributed by atoms with van der Waals surface area (Å²) in [4.78, 5) is 0. The van der Waals surface area contributed by atoms with E-state index in [0.29, 0.717) is 0 Å². The van der Waals surface area contributed by atoms with Gasteiger partial charge in [0.2, 0.25) is 0 Å². The predicted molar refractivity (Wildman–Crippen MR) is 32.5 cm³/mol. The van der Waals surface area contributed by atoms with Gasteiger partial charge in [0.05, 0.1) is 0 Å². The smallest absolute Gasteiger partial charge is 0 e. The van der Waals surface area contributed by atoms with Gasteiger partial charge in [-0.1, -0.05) is 0 Å². The van der Waals surface area contributed by atoms with Gasteiger partial charge in [-0.15, -0.1) is 0 Å². The van der Waals surface area contributed by atoms with Gasteiger partial charge < -0.3 is 49.3 Å². The molecule has 76 valence electrons. The maximum atomic E-state index is 0. The zero-order valence-corrected chi connectivity index (χ0v) is 7.46. The fourth-order valence-electron chi connectivity index (χ4n) is 0. The second-order valence-corrected chi connectivity index (χ2v) is 0. The predicted octanol–water partition coefficient (Wildman–Crippen LogP) is -7.42. The molecule has 0 aliphatic heterocycles. The molecule has 0 heterocycles. The van der Waals surface area contributed by atoms with E-state index in [1.807, 2.05) is 0 Å². The van der Waals surface area contributed by atoms with Gasteiger partial charge in [-0.3, -0.25) is 0 Å². The van der Waals surface area contributed by atoms with Crippen LogP contribution in [0.3, 0.4) is 0 Å². The second kappa shape index (κ2) is 2530. The molecule has 0 rings (SSSR count). The molecule has 0 spiro atoms. The van der Waals surface area contributed by atoms with Crippen LogP contribution in [0.5, 0.6) is 0 Å². The van der Waals surface area contributed by atoms with Gasteiger partial charge in [0.15, 0.2) is 0 Å². The van der Waals surface area contributed by atoms with E-state index in [9.17, 15) is 0 Å². The third-order valence-electron chi connectivity index (χ3n) is 0. The summed E-state index contributed by atoms with van der Waals surface area (Å²) in [6, 6.07) is 0. The molecule has 0 aromatic heterocycles. The zero-order valence-electron chi connectivity index (χ0n) is 5.00. The van der Waals surface area contributed by atoms with Gasteiger partial charge in [-0.2, -0.15) is 0 Å². The molecule has 0 aromatic carbocycles. The van der Waals surface area contributed by atoms with Crippen LogP contribution in [-0.4, -0.2) is 49.3 Å². The summed E-state index contributed by atoms with van der Waals surface area (Å²) in [6.45, 7) is 0. The van der Waals surface area contributed by atoms with Crippen molar-refractivity contribution in [1.29, 1.82) is 0 Å². The monoisotopic (exact) mass is 252 g/mol. The van der Waals surface area contributed by atoms with Crippen LogP contribution in [0.4, 0.5) is 0 Å². The van der Waals surface area contributed by atoms with E-state index in [1.54, 1.807) is 0 Å². The summed E-state index contributed by atoms with van der Waals surface area (Å²) in [5.41, 5.74) is 0. The molecule has 0 amide bonds. The summed E-state index contributed by atoms with van der Waals surface area (Å²) < 4.78 is 0. The molecule has 0 saturated carbocycles. The van der Waals surface area contributed by atoms with Crippen molar-refractivity contribution in [2.45, 2.75) is 0 Å². The van der Waals surface area contributed by atoms with E-state index in [2.05, 4.69) is 0 Å². The van der Waals surface area contributed by atoms with E-state index in [-0.39, 0.29) is 75.5 Å². The first-order valence-corrected chi connectivity index (χ1v) is 0. The molecule has 0 aliphatic rings. The average Bonchev–Trinajstić information content (AvgIpc) is 0. The van der Waals surface area contributed by atoms with E-state index in [1.165, 1.54) is 0 Å². The first-order valence-electron chi connectivity index (χ1n) is 0. The van der Waals surface area contributed by atoms with Crippen LogP contribution in [-0.2, 0) is 26.2 Å². The summed E-state index contributed by atoms with van der Waals surface area (Å²) >= 11 is 0. The summed E-state index contributed by atoms with van der Waals surface area (Å²) in [5.74, 6) is 0. The first-order chi connectivity index (χ1) is 0. The van der Waals surface area contributed by atoms with Crippen molar-refractivity contribution in [2.24, 2.45) is 0 Å². The van der Waals surface area contributed by atoms with E-state index in [0.717, 1.165) is 0 Å². The Morgan fingerprint density at radius 1 is 0.200 bits per heavy atom. The minimum Gasteiger partial charge on any atom is -0.412 e. The van der Waals surface area contributed by atoms with E-state index < -0.39 is 0 Å². The molecule has 10 heavy (non-hydrogen) atoms. The third kappa shape index (κ3) is 1760. The molecule has 0 atom stereocenters. The standard InChI is InChI=1S/9H2O.Zr/h9*1H2;. The molecule has 0 aromatic rings. The van der Waals surface area contributed by atoms with Crippen LogP contribution >= 0.6 is 0 Å². The van der Waals surface area contributed by atoms with Crippen LogP contribution in [0.25, 0.3) is 0 Å². The molecule has 0 saturated heterocycles. The first kappa shape index (κ1) is 3490. The van der Waals surface area contributed by atoms with Gasteiger partial charge in [0.25, 0.3) is 0 Å². The van der Waals surface area contributed by atoms with Crippen molar-refractivity contribution in [2.75, 3.05) is 0 Å². The molecule has 0 bridgehead atoms. The summed E-state index contributed by atoms with van der Waals surface area (Å²) in [6.07, 6.45) is 0. The van der Waals surface area contributed by atoms with Gasteiger partial charge in [0.1, 0.15) is 0 Å². The molecule has 9 nitrogen and oxygen atoms in total. The van der Waals surface area contributed by atoms with Crippen molar-refractivity contribution in [1.82, 2.24) is 0 Å². The van der Waals surface area contributed by atoms with Crippen molar-refractivity contribution < 1.29 is 75.5 Å². The quantitative estimate of drug-likeness (QED) is 0.388. The topological polar surface area (TPSA) is 284 Å². The molecular weight excluding hydrogens is 235 g/mol. The third-order valence-corrected chi connectivity index (χ3v) is 0. The minimum atomic E-state index is 0. The number of rotatable bonds is 0. The Kier molecular flexibility index (Phi) is 882000. The van der Waals surface area contributed by atoms with Crippen LogP contribution < -0.4 is 0 Å². The van der Waals surface area contributed by atoms with Crippen LogP contribution in [0, 0.1) is 0 Å². The van der Waals surface area contributed by atoms with Crippen molar-refractivity contribution in [3.63, 3.8) is 0 Å². The van der Waals surface area contributed by atoms with Gasteiger partial charge >= 0.3 is 0 Å². The molecule has 18 N–H and O–H groups in total. The molecule has 0 fully saturated rings. The normalized spacial score (nSPS) is 0. The van der Waals surface area contributed by atoms with Gasteiger partial charge in [-0.05, 0) is 0 Å². The van der Waals surface area contributed by atoms with Gasteiger partial charge in [-0.25, -0.2) is 0 Å². The summed E-state index contributed by atoms with van der Waals surface area (Å²) in [7, 11) is 0. The molecule has 10 heteroatoms. The fourth-order valence-corrected chi connectivity index (χ4v) is 0. The number of hydrogen-bond donors (Lipinski definition) is 0. The van der Waals surface area contributed by atoms with Crippen molar-refractivity contribution in [3.05, 3.63) is 0 Å². The molecule has 0 radical (unpaired) electrons.